The van der Waals surface area contributed by atoms with Gasteiger partial charge in [-0.15, -0.1) is 0 Å². The second-order valence-corrected chi connectivity index (χ2v) is 12.3. The average Bonchev–Trinajstić information content (AvgIpc) is 3.52. The van der Waals surface area contributed by atoms with Gasteiger partial charge in [0, 0.05) is 15.8 Å². The van der Waals surface area contributed by atoms with Crippen molar-refractivity contribution in [3.63, 3.8) is 0 Å². The highest BCUT2D eigenvalue weighted by atomic mass is 32.2. The second kappa shape index (κ2) is 9.60. The van der Waals surface area contributed by atoms with Crippen molar-refractivity contribution in [1.29, 1.82) is 0 Å². The van der Waals surface area contributed by atoms with Gasteiger partial charge in [0.1, 0.15) is 10.9 Å². The number of hydrogen-bond donors (Lipinski definition) is 0. The lowest BCUT2D eigenvalue weighted by molar-refractivity contribution is 0.427. The van der Waals surface area contributed by atoms with Crippen molar-refractivity contribution >= 4 is 33.6 Å². The van der Waals surface area contributed by atoms with Gasteiger partial charge in [-0.05, 0) is 67.4 Å². The van der Waals surface area contributed by atoms with E-state index in [-0.39, 0.29) is 10.9 Å². The topological polar surface area (TPSA) is 9.23 Å². The summed E-state index contributed by atoms with van der Waals surface area (Å²) in [6, 6.07) is 35.6. The van der Waals surface area contributed by atoms with Crippen LogP contribution in [0.25, 0.3) is 20.9 Å². The van der Waals surface area contributed by atoms with Crippen molar-refractivity contribution in [2.24, 2.45) is 0 Å². The largest absolute Gasteiger partial charge is 0.487 e. The number of hydrogen-bond acceptors (Lipinski definition) is 3. The molecular weight excluding hydrogens is 461 g/mol. The molecule has 0 atom stereocenters. The molecular formula is C29H25OS3+. The standard InChI is InChI=1S/C29H25OS3/c1-20-4-12-24(13-5-20)33(25-14-6-21(2)7-15-25)29-19-17-27(32-29)23-10-8-22(9-11-23)26-16-18-28(30-3)31-26/h4-19H,1-3H3/q+1. The van der Waals surface area contributed by atoms with Gasteiger partial charge in [-0.25, -0.2) is 0 Å². The summed E-state index contributed by atoms with van der Waals surface area (Å²) in [5.74, 6) is 0. The molecule has 2 heterocycles. The van der Waals surface area contributed by atoms with Crippen LogP contribution in [-0.2, 0) is 10.9 Å². The number of aryl methyl sites for hydroxylation is 2. The Morgan fingerprint density at radius 2 is 1.03 bits per heavy atom. The van der Waals surface area contributed by atoms with Crippen molar-refractivity contribution in [3.05, 3.63) is 108 Å². The molecule has 0 saturated heterocycles. The Bertz CT molecular complexity index is 1300. The first-order chi connectivity index (χ1) is 16.1. The van der Waals surface area contributed by atoms with E-state index in [0.717, 1.165) is 5.06 Å². The summed E-state index contributed by atoms with van der Waals surface area (Å²) in [5.41, 5.74) is 5.07. The summed E-state index contributed by atoms with van der Waals surface area (Å²) in [7, 11) is 1.61. The molecule has 0 N–H and O–H groups in total. The molecule has 164 valence electrons. The lowest BCUT2D eigenvalue weighted by Crippen LogP contribution is -2.02. The fourth-order valence-corrected chi connectivity index (χ4v) is 8.19. The van der Waals surface area contributed by atoms with Crippen LogP contribution in [0.1, 0.15) is 11.1 Å². The van der Waals surface area contributed by atoms with E-state index in [9.17, 15) is 0 Å². The van der Waals surface area contributed by atoms with Gasteiger partial charge in [0.05, 0.1) is 7.11 Å². The van der Waals surface area contributed by atoms with Gasteiger partial charge in [-0.1, -0.05) is 82.3 Å². The van der Waals surface area contributed by atoms with Crippen LogP contribution in [-0.4, -0.2) is 7.11 Å². The van der Waals surface area contributed by atoms with E-state index >= 15 is 0 Å². The van der Waals surface area contributed by atoms with Crippen LogP contribution in [0.2, 0.25) is 0 Å². The van der Waals surface area contributed by atoms with E-state index in [1.807, 2.05) is 17.4 Å². The van der Waals surface area contributed by atoms with Crippen molar-refractivity contribution in [2.75, 3.05) is 7.11 Å². The minimum atomic E-state index is -0.110. The van der Waals surface area contributed by atoms with Gasteiger partial charge in [-0.3, -0.25) is 0 Å². The number of methoxy groups -OCH3 is 1. The molecule has 0 fully saturated rings. The first-order valence-electron chi connectivity index (χ1n) is 10.8. The normalized spacial score (nSPS) is 11.2. The maximum atomic E-state index is 5.34. The summed E-state index contributed by atoms with van der Waals surface area (Å²) < 4.78 is 6.73. The predicted octanol–water partition coefficient (Wildman–Crippen LogP) is 8.86. The molecule has 0 aliphatic rings. The molecule has 0 radical (unpaired) electrons. The fourth-order valence-electron chi connectivity index (χ4n) is 3.69. The van der Waals surface area contributed by atoms with Crippen molar-refractivity contribution in [1.82, 2.24) is 0 Å². The highest BCUT2D eigenvalue weighted by molar-refractivity contribution is 7.99. The molecule has 1 nitrogen and oxygen atoms in total. The number of benzene rings is 3. The van der Waals surface area contributed by atoms with Crippen molar-refractivity contribution in [2.45, 2.75) is 27.8 Å². The zero-order valence-corrected chi connectivity index (χ0v) is 21.3. The number of thiophene rings is 2. The highest BCUT2D eigenvalue weighted by Gasteiger charge is 2.30. The molecule has 0 aliphatic carbocycles. The lowest BCUT2D eigenvalue weighted by Gasteiger charge is -2.06. The molecule has 3 aromatic carbocycles. The molecule has 33 heavy (non-hydrogen) atoms. The molecule has 5 rings (SSSR count). The van der Waals surface area contributed by atoms with E-state index in [2.05, 4.69) is 105 Å². The second-order valence-electron chi connectivity index (χ2n) is 7.95. The maximum Gasteiger partial charge on any atom is 0.220 e. The van der Waals surface area contributed by atoms with Crippen LogP contribution < -0.4 is 4.74 Å². The van der Waals surface area contributed by atoms with E-state index in [4.69, 9.17) is 4.74 Å². The van der Waals surface area contributed by atoms with Gasteiger partial charge in [0.2, 0.25) is 4.21 Å². The molecule has 0 unspecified atom stereocenters. The SMILES string of the molecule is COc1ccc(-c2ccc(-c3ccc([S+](c4ccc(C)cc4)c4ccc(C)cc4)s3)cc2)s1. The first kappa shape index (κ1) is 22.0. The van der Waals surface area contributed by atoms with Gasteiger partial charge in [0.15, 0.2) is 14.9 Å². The summed E-state index contributed by atoms with van der Waals surface area (Å²) in [4.78, 5) is 5.25. The summed E-state index contributed by atoms with van der Waals surface area (Å²) in [6.07, 6.45) is 0. The highest BCUT2D eigenvalue weighted by Crippen LogP contribution is 2.40. The van der Waals surface area contributed by atoms with Gasteiger partial charge in [-0.2, -0.15) is 0 Å². The Hall–Kier alpha value is -2.79. The maximum absolute atomic E-state index is 5.34. The molecule has 0 saturated carbocycles. The van der Waals surface area contributed by atoms with Crippen LogP contribution in [0.3, 0.4) is 0 Å². The summed E-state index contributed by atoms with van der Waals surface area (Å²) in [6.45, 7) is 4.29. The number of rotatable bonds is 6. The van der Waals surface area contributed by atoms with Crippen molar-refractivity contribution in [3.8, 4) is 25.9 Å². The van der Waals surface area contributed by atoms with Crippen LogP contribution in [0.15, 0.2) is 111 Å². The number of ether oxygens (including phenoxy) is 1. The zero-order valence-electron chi connectivity index (χ0n) is 18.9. The molecule has 0 bridgehead atoms. The van der Waals surface area contributed by atoms with E-state index in [0.29, 0.717) is 0 Å². The quantitative estimate of drug-likeness (QED) is 0.218. The van der Waals surface area contributed by atoms with Crippen LogP contribution in [0, 0.1) is 13.8 Å². The van der Waals surface area contributed by atoms with Crippen LogP contribution in [0.4, 0.5) is 0 Å². The zero-order chi connectivity index (χ0) is 22.8. The van der Waals surface area contributed by atoms with E-state index in [1.54, 1.807) is 18.4 Å². The van der Waals surface area contributed by atoms with Gasteiger partial charge < -0.3 is 4.74 Å². The Morgan fingerprint density at radius 3 is 1.52 bits per heavy atom. The molecule has 4 heteroatoms. The van der Waals surface area contributed by atoms with Crippen molar-refractivity contribution < 1.29 is 4.74 Å². The summed E-state index contributed by atoms with van der Waals surface area (Å²) in [5, 5.41) is 0.941. The molecule has 0 spiro atoms. The summed E-state index contributed by atoms with van der Waals surface area (Å²) >= 11 is 3.57. The lowest BCUT2D eigenvalue weighted by atomic mass is 10.1. The fraction of sp³-hybridized carbons (Fsp3) is 0.103. The van der Waals surface area contributed by atoms with E-state index in [1.165, 1.54) is 46.0 Å². The van der Waals surface area contributed by atoms with Crippen LogP contribution in [0.5, 0.6) is 5.06 Å². The molecule has 0 aliphatic heterocycles. The molecule has 2 aromatic heterocycles. The van der Waals surface area contributed by atoms with E-state index < -0.39 is 0 Å². The van der Waals surface area contributed by atoms with Gasteiger partial charge in [0.25, 0.3) is 0 Å². The predicted molar refractivity (Wildman–Crippen MR) is 144 cm³/mol. The minimum Gasteiger partial charge on any atom is -0.487 e. The Labute approximate surface area is 206 Å². The Kier molecular flexibility index (Phi) is 6.41. The van der Waals surface area contributed by atoms with Gasteiger partial charge >= 0.3 is 0 Å². The third-order valence-corrected chi connectivity index (χ3v) is 10.3. The molecule has 0 amide bonds. The minimum absolute atomic E-state index is 0.110. The average molecular weight is 486 g/mol. The Morgan fingerprint density at radius 1 is 0.545 bits per heavy atom. The smallest absolute Gasteiger partial charge is 0.220 e. The molecule has 5 aromatic rings. The third-order valence-electron chi connectivity index (χ3n) is 5.53. The van der Waals surface area contributed by atoms with Crippen LogP contribution >= 0.6 is 22.7 Å². The first-order valence-corrected chi connectivity index (χ1v) is 13.7. The third kappa shape index (κ3) is 4.79. The Balaban J connectivity index is 1.47. The monoisotopic (exact) mass is 485 g/mol.